The van der Waals surface area contributed by atoms with Crippen LogP contribution >= 0.6 is 12.2 Å². The molecule has 1 aromatic carbocycles. The van der Waals surface area contributed by atoms with Gasteiger partial charge in [-0.2, -0.15) is 5.26 Å². The number of rotatable bonds is 3. The number of benzene rings is 1. The highest BCUT2D eigenvalue weighted by atomic mass is 32.1. The van der Waals surface area contributed by atoms with Crippen LogP contribution in [0.1, 0.15) is 0 Å². The van der Waals surface area contributed by atoms with Crippen LogP contribution in [-0.2, 0) is 0 Å². The largest absolute Gasteiger partial charge is 0.496 e. The quantitative estimate of drug-likeness (QED) is 0.504. The van der Waals surface area contributed by atoms with Crippen molar-refractivity contribution in [2.24, 2.45) is 0 Å². The van der Waals surface area contributed by atoms with Crippen LogP contribution in [0, 0.1) is 11.5 Å². The summed E-state index contributed by atoms with van der Waals surface area (Å²) in [5, 5.41) is 13.9. The fraction of sp³-hybridized carbons (Fsp3) is 0.0833. The molecule has 0 aliphatic carbocycles. The minimum absolute atomic E-state index is 0.219. The number of hydrogen-bond donors (Lipinski definition) is 2. The highest BCUT2D eigenvalue weighted by Gasteiger charge is 2.10. The van der Waals surface area contributed by atoms with Gasteiger partial charge >= 0.3 is 0 Å². The molecule has 0 amide bonds. The summed E-state index contributed by atoms with van der Waals surface area (Å²) in [7, 11) is 1.56. The number of nitriles is 1. The van der Waals surface area contributed by atoms with Crippen LogP contribution in [0.15, 0.2) is 35.2 Å². The Kier molecular flexibility index (Phi) is 3.95. The molecule has 0 atom stereocenters. The second-order valence-electron chi connectivity index (χ2n) is 3.47. The lowest BCUT2D eigenvalue weighted by atomic mass is 10.1. The van der Waals surface area contributed by atoms with Crippen molar-refractivity contribution in [2.75, 3.05) is 12.4 Å². The minimum atomic E-state index is 0.219. The molecule has 0 aliphatic rings. The number of hydrogen-bond acceptors (Lipinski definition) is 5. The first-order valence-corrected chi connectivity index (χ1v) is 5.68. The molecule has 0 saturated heterocycles. The predicted octanol–water partition coefficient (Wildman–Crippen LogP) is 2.12. The van der Waals surface area contributed by atoms with Crippen LogP contribution in [0.3, 0.4) is 0 Å². The van der Waals surface area contributed by atoms with Gasteiger partial charge in [0.05, 0.1) is 18.9 Å². The number of oxazole rings is 1. The molecule has 0 aliphatic heterocycles. The van der Waals surface area contributed by atoms with Crippen LogP contribution in [0.25, 0.3) is 11.3 Å². The number of nitrogens with one attached hydrogen (secondary N) is 2. The second-order valence-corrected chi connectivity index (χ2v) is 3.88. The molecular formula is C12H10N4O2S. The zero-order chi connectivity index (χ0) is 13.7. The Labute approximate surface area is 115 Å². The Morgan fingerprint density at radius 3 is 3.00 bits per heavy atom. The molecule has 2 aromatic rings. The molecule has 0 bridgehead atoms. The van der Waals surface area contributed by atoms with E-state index in [0.717, 1.165) is 5.56 Å². The first-order chi connectivity index (χ1) is 9.24. The van der Waals surface area contributed by atoms with Gasteiger partial charge in [0.2, 0.25) is 0 Å². The standard InChI is InChI=1S/C12H10N4O2S/c1-17-10-4-8(16-12(19)15-6-13)2-3-9(10)11-5-14-7-18-11/h2-5,7H,1H3,(H2,15,16,19). The topological polar surface area (TPSA) is 83.1 Å². The van der Waals surface area contributed by atoms with Crippen molar-refractivity contribution >= 4 is 23.0 Å². The Bertz CT molecular complexity index is 619. The molecule has 2 N–H and O–H groups in total. The van der Waals surface area contributed by atoms with E-state index in [0.29, 0.717) is 17.2 Å². The van der Waals surface area contributed by atoms with Crippen molar-refractivity contribution in [2.45, 2.75) is 0 Å². The minimum Gasteiger partial charge on any atom is -0.496 e. The maximum absolute atomic E-state index is 8.45. The van der Waals surface area contributed by atoms with Gasteiger partial charge in [-0.15, -0.1) is 0 Å². The van der Waals surface area contributed by atoms with Gasteiger partial charge in [-0.05, 0) is 24.4 Å². The second kappa shape index (κ2) is 5.84. The van der Waals surface area contributed by atoms with Crippen molar-refractivity contribution < 1.29 is 9.15 Å². The monoisotopic (exact) mass is 274 g/mol. The van der Waals surface area contributed by atoms with E-state index in [1.807, 2.05) is 6.07 Å². The van der Waals surface area contributed by atoms with Gasteiger partial charge in [-0.1, -0.05) is 0 Å². The van der Waals surface area contributed by atoms with E-state index in [1.54, 1.807) is 31.6 Å². The first-order valence-electron chi connectivity index (χ1n) is 5.27. The maximum Gasteiger partial charge on any atom is 0.184 e. The Morgan fingerprint density at radius 1 is 1.53 bits per heavy atom. The number of thiocarbonyl (C=S) groups is 1. The highest BCUT2D eigenvalue weighted by Crippen LogP contribution is 2.32. The fourth-order valence-electron chi connectivity index (χ4n) is 1.53. The molecular weight excluding hydrogens is 264 g/mol. The summed E-state index contributed by atoms with van der Waals surface area (Å²) in [4.78, 5) is 3.86. The van der Waals surface area contributed by atoms with Crippen LogP contribution in [0.5, 0.6) is 5.75 Å². The van der Waals surface area contributed by atoms with Crippen molar-refractivity contribution in [3.05, 3.63) is 30.8 Å². The van der Waals surface area contributed by atoms with Gasteiger partial charge in [0.15, 0.2) is 23.5 Å². The van der Waals surface area contributed by atoms with Crippen LogP contribution in [0.4, 0.5) is 5.69 Å². The Balaban J connectivity index is 2.27. The molecule has 2 rings (SSSR count). The molecule has 0 fully saturated rings. The third-order valence-electron chi connectivity index (χ3n) is 2.33. The highest BCUT2D eigenvalue weighted by molar-refractivity contribution is 7.80. The third-order valence-corrected chi connectivity index (χ3v) is 2.53. The molecule has 0 radical (unpaired) electrons. The number of ether oxygens (including phenoxy) is 1. The van der Waals surface area contributed by atoms with E-state index in [1.165, 1.54) is 6.39 Å². The maximum atomic E-state index is 8.45. The molecule has 96 valence electrons. The van der Waals surface area contributed by atoms with E-state index in [4.69, 9.17) is 26.6 Å². The van der Waals surface area contributed by atoms with Gasteiger partial charge < -0.3 is 14.5 Å². The number of anilines is 1. The molecule has 7 heteroatoms. The van der Waals surface area contributed by atoms with Crippen molar-refractivity contribution in [3.8, 4) is 23.3 Å². The molecule has 19 heavy (non-hydrogen) atoms. The summed E-state index contributed by atoms with van der Waals surface area (Å²) in [5.74, 6) is 1.22. The smallest absolute Gasteiger partial charge is 0.184 e. The summed E-state index contributed by atoms with van der Waals surface area (Å²) < 4.78 is 10.5. The Hall–Kier alpha value is -2.59. The first kappa shape index (κ1) is 12.9. The van der Waals surface area contributed by atoms with Gasteiger partial charge in [-0.25, -0.2) is 4.98 Å². The molecule has 1 aromatic heterocycles. The van der Waals surface area contributed by atoms with E-state index >= 15 is 0 Å². The van der Waals surface area contributed by atoms with Crippen molar-refractivity contribution in [1.82, 2.24) is 10.3 Å². The number of methoxy groups -OCH3 is 1. The lowest BCUT2D eigenvalue weighted by molar-refractivity contribution is 0.415. The summed E-state index contributed by atoms with van der Waals surface area (Å²) >= 11 is 4.91. The molecule has 0 spiro atoms. The summed E-state index contributed by atoms with van der Waals surface area (Å²) in [6, 6.07) is 5.37. The van der Waals surface area contributed by atoms with Crippen molar-refractivity contribution in [3.63, 3.8) is 0 Å². The average Bonchev–Trinajstić information content (AvgIpc) is 2.92. The van der Waals surface area contributed by atoms with Crippen molar-refractivity contribution in [1.29, 1.82) is 5.26 Å². The van der Waals surface area contributed by atoms with Gasteiger partial charge in [-0.3, -0.25) is 5.32 Å². The fourth-order valence-corrected chi connectivity index (χ4v) is 1.70. The number of aromatic nitrogens is 1. The molecule has 6 nitrogen and oxygen atoms in total. The van der Waals surface area contributed by atoms with Crippen LogP contribution in [0.2, 0.25) is 0 Å². The molecule has 0 unspecified atom stereocenters. The Morgan fingerprint density at radius 2 is 2.37 bits per heavy atom. The zero-order valence-electron chi connectivity index (χ0n) is 10.0. The molecule has 1 heterocycles. The van der Waals surface area contributed by atoms with Gasteiger partial charge in [0.1, 0.15) is 5.75 Å². The summed E-state index contributed by atoms with van der Waals surface area (Å²) in [6.07, 6.45) is 4.70. The summed E-state index contributed by atoms with van der Waals surface area (Å²) in [5.41, 5.74) is 1.48. The van der Waals surface area contributed by atoms with Crippen LogP contribution in [-0.4, -0.2) is 17.2 Å². The lowest BCUT2D eigenvalue weighted by Gasteiger charge is -2.10. The van der Waals surface area contributed by atoms with E-state index in [-0.39, 0.29) is 5.11 Å². The predicted molar refractivity (Wildman–Crippen MR) is 73.5 cm³/mol. The van der Waals surface area contributed by atoms with Gasteiger partial charge in [0, 0.05) is 11.8 Å². The van der Waals surface area contributed by atoms with Crippen LogP contribution < -0.4 is 15.4 Å². The lowest BCUT2D eigenvalue weighted by Crippen LogP contribution is -2.23. The molecule has 0 saturated carbocycles. The number of nitrogens with zero attached hydrogens (tertiary/aromatic N) is 2. The SMILES string of the molecule is COc1cc(NC(=S)NC#N)ccc1-c1cnco1. The van der Waals surface area contributed by atoms with E-state index in [2.05, 4.69) is 15.6 Å². The zero-order valence-corrected chi connectivity index (χ0v) is 10.8. The summed E-state index contributed by atoms with van der Waals surface area (Å²) in [6.45, 7) is 0. The van der Waals surface area contributed by atoms with E-state index < -0.39 is 0 Å². The van der Waals surface area contributed by atoms with E-state index in [9.17, 15) is 0 Å². The normalized spacial score (nSPS) is 9.47. The van der Waals surface area contributed by atoms with Gasteiger partial charge in [0.25, 0.3) is 0 Å². The third kappa shape index (κ3) is 3.00. The average molecular weight is 274 g/mol.